The number of rotatable bonds is 3. The Hall–Kier alpha value is -1.35. The molecule has 0 amide bonds. The SMILES string of the molecule is CC(C)Cc1ccn(-c2cccnc2Cl)n1. The van der Waals surface area contributed by atoms with Gasteiger partial charge in [0.05, 0.1) is 5.69 Å². The average Bonchev–Trinajstić information content (AvgIpc) is 2.66. The lowest BCUT2D eigenvalue weighted by molar-refractivity contribution is 0.628. The van der Waals surface area contributed by atoms with E-state index >= 15 is 0 Å². The molecule has 0 unspecified atom stereocenters. The lowest BCUT2D eigenvalue weighted by atomic mass is 10.1. The molecule has 2 aromatic rings. The standard InChI is InChI=1S/C12H14ClN3/c1-9(2)8-10-5-7-16(15-10)11-4-3-6-14-12(11)13/h3-7,9H,8H2,1-2H3. The van der Waals surface area contributed by atoms with Crippen LogP contribution in [0.15, 0.2) is 30.6 Å². The average molecular weight is 236 g/mol. The second-order valence-corrected chi connectivity index (χ2v) is 4.52. The van der Waals surface area contributed by atoms with E-state index in [1.54, 1.807) is 10.9 Å². The topological polar surface area (TPSA) is 30.7 Å². The number of nitrogens with zero attached hydrogens (tertiary/aromatic N) is 3. The Morgan fingerprint density at radius 1 is 1.38 bits per heavy atom. The van der Waals surface area contributed by atoms with Gasteiger partial charge in [-0.25, -0.2) is 9.67 Å². The molecular formula is C12H14ClN3. The van der Waals surface area contributed by atoms with Crippen LogP contribution in [0.4, 0.5) is 0 Å². The summed E-state index contributed by atoms with van der Waals surface area (Å²) in [6, 6.07) is 5.77. The van der Waals surface area contributed by atoms with Crippen LogP contribution in [0.1, 0.15) is 19.5 Å². The second kappa shape index (κ2) is 4.66. The molecule has 0 radical (unpaired) electrons. The smallest absolute Gasteiger partial charge is 0.154 e. The minimum absolute atomic E-state index is 0.474. The molecule has 0 aromatic carbocycles. The molecule has 0 aliphatic carbocycles. The van der Waals surface area contributed by atoms with Crippen LogP contribution in [0.3, 0.4) is 0 Å². The maximum Gasteiger partial charge on any atom is 0.154 e. The van der Waals surface area contributed by atoms with Gasteiger partial charge in [-0.1, -0.05) is 25.4 Å². The molecule has 0 fully saturated rings. The summed E-state index contributed by atoms with van der Waals surface area (Å²) in [5.74, 6) is 0.604. The molecule has 0 aliphatic rings. The van der Waals surface area contributed by atoms with Crippen molar-refractivity contribution in [2.75, 3.05) is 0 Å². The Labute approximate surface area is 100 Å². The molecule has 84 valence electrons. The third-order valence-corrected chi connectivity index (χ3v) is 2.54. The molecule has 16 heavy (non-hydrogen) atoms. The highest BCUT2D eigenvalue weighted by molar-refractivity contribution is 6.31. The predicted molar refractivity (Wildman–Crippen MR) is 64.9 cm³/mol. The Kier molecular flexibility index (Phi) is 3.25. The fourth-order valence-electron chi connectivity index (χ4n) is 1.57. The minimum atomic E-state index is 0.474. The van der Waals surface area contributed by atoms with Crippen molar-refractivity contribution < 1.29 is 0 Å². The summed E-state index contributed by atoms with van der Waals surface area (Å²) in [6.07, 6.45) is 4.57. The molecule has 2 heterocycles. The molecule has 3 nitrogen and oxygen atoms in total. The van der Waals surface area contributed by atoms with Crippen molar-refractivity contribution in [3.05, 3.63) is 41.4 Å². The molecule has 0 N–H and O–H groups in total. The first-order valence-electron chi connectivity index (χ1n) is 5.32. The van der Waals surface area contributed by atoms with E-state index in [0.717, 1.165) is 17.8 Å². The Bertz CT molecular complexity index is 477. The van der Waals surface area contributed by atoms with E-state index in [2.05, 4.69) is 23.9 Å². The van der Waals surface area contributed by atoms with Crippen LogP contribution in [0.25, 0.3) is 5.69 Å². The van der Waals surface area contributed by atoms with Crippen LogP contribution in [0.2, 0.25) is 5.15 Å². The number of halogens is 1. The molecule has 0 atom stereocenters. The van der Waals surface area contributed by atoms with E-state index in [9.17, 15) is 0 Å². The molecule has 4 heteroatoms. The van der Waals surface area contributed by atoms with E-state index in [-0.39, 0.29) is 0 Å². The number of hydrogen-bond donors (Lipinski definition) is 0. The van der Waals surface area contributed by atoms with Crippen LogP contribution in [-0.4, -0.2) is 14.8 Å². The van der Waals surface area contributed by atoms with Gasteiger partial charge in [-0.15, -0.1) is 0 Å². The van der Waals surface area contributed by atoms with Crippen LogP contribution in [0, 0.1) is 5.92 Å². The molecule has 2 rings (SSSR count). The number of pyridine rings is 1. The minimum Gasteiger partial charge on any atom is -0.242 e. The summed E-state index contributed by atoms with van der Waals surface area (Å²) >= 11 is 6.00. The first kappa shape index (κ1) is 11.1. The summed E-state index contributed by atoms with van der Waals surface area (Å²) in [4.78, 5) is 4.03. The zero-order chi connectivity index (χ0) is 11.5. The number of hydrogen-bond acceptors (Lipinski definition) is 2. The van der Waals surface area contributed by atoms with E-state index in [1.807, 2.05) is 24.4 Å². The van der Waals surface area contributed by atoms with Crippen LogP contribution >= 0.6 is 11.6 Å². The van der Waals surface area contributed by atoms with Crippen molar-refractivity contribution in [1.29, 1.82) is 0 Å². The highest BCUT2D eigenvalue weighted by atomic mass is 35.5. The van der Waals surface area contributed by atoms with Crippen molar-refractivity contribution in [3.8, 4) is 5.69 Å². The normalized spacial score (nSPS) is 11.0. The molecule has 0 saturated heterocycles. The fourth-order valence-corrected chi connectivity index (χ4v) is 1.78. The van der Waals surface area contributed by atoms with E-state index in [4.69, 9.17) is 11.6 Å². The highest BCUT2D eigenvalue weighted by Crippen LogP contribution is 2.17. The Balaban J connectivity index is 2.28. The van der Waals surface area contributed by atoms with Gasteiger partial charge >= 0.3 is 0 Å². The van der Waals surface area contributed by atoms with Crippen molar-refractivity contribution in [2.45, 2.75) is 20.3 Å². The summed E-state index contributed by atoms with van der Waals surface area (Å²) in [5.41, 5.74) is 1.90. The predicted octanol–water partition coefficient (Wildman–Crippen LogP) is 3.12. The van der Waals surface area contributed by atoms with Gasteiger partial charge in [-0.2, -0.15) is 5.10 Å². The monoisotopic (exact) mass is 235 g/mol. The summed E-state index contributed by atoms with van der Waals surface area (Å²) in [5, 5.41) is 4.95. The second-order valence-electron chi connectivity index (χ2n) is 4.16. The van der Waals surface area contributed by atoms with E-state index < -0.39 is 0 Å². The summed E-state index contributed by atoms with van der Waals surface area (Å²) < 4.78 is 1.77. The van der Waals surface area contributed by atoms with Gasteiger partial charge in [0.1, 0.15) is 5.69 Å². The Morgan fingerprint density at radius 2 is 2.19 bits per heavy atom. The first-order valence-corrected chi connectivity index (χ1v) is 5.70. The van der Waals surface area contributed by atoms with Crippen molar-refractivity contribution >= 4 is 11.6 Å². The van der Waals surface area contributed by atoms with Gasteiger partial charge in [-0.05, 0) is 30.5 Å². The molecule has 0 spiro atoms. The van der Waals surface area contributed by atoms with Crippen LogP contribution in [-0.2, 0) is 6.42 Å². The van der Waals surface area contributed by atoms with E-state index in [0.29, 0.717) is 11.1 Å². The van der Waals surface area contributed by atoms with Gasteiger partial charge in [0.15, 0.2) is 5.15 Å². The quantitative estimate of drug-likeness (QED) is 0.766. The van der Waals surface area contributed by atoms with Crippen LogP contribution < -0.4 is 0 Å². The lowest BCUT2D eigenvalue weighted by Gasteiger charge is -2.03. The molecule has 0 bridgehead atoms. The van der Waals surface area contributed by atoms with Crippen molar-refractivity contribution in [3.63, 3.8) is 0 Å². The summed E-state index contributed by atoms with van der Waals surface area (Å²) in [7, 11) is 0. The van der Waals surface area contributed by atoms with E-state index in [1.165, 1.54) is 0 Å². The Morgan fingerprint density at radius 3 is 2.88 bits per heavy atom. The van der Waals surface area contributed by atoms with Gasteiger partial charge in [0.25, 0.3) is 0 Å². The molecular weight excluding hydrogens is 222 g/mol. The lowest BCUT2D eigenvalue weighted by Crippen LogP contribution is -2.00. The third kappa shape index (κ3) is 2.42. The van der Waals surface area contributed by atoms with Gasteiger partial charge in [0, 0.05) is 12.4 Å². The maximum absolute atomic E-state index is 6.00. The van der Waals surface area contributed by atoms with Crippen LogP contribution in [0.5, 0.6) is 0 Å². The van der Waals surface area contributed by atoms with Gasteiger partial charge < -0.3 is 0 Å². The third-order valence-electron chi connectivity index (χ3n) is 2.25. The largest absolute Gasteiger partial charge is 0.242 e. The molecule has 2 aromatic heterocycles. The highest BCUT2D eigenvalue weighted by Gasteiger charge is 2.06. The summed E-state index contributed by atoms with van der Waals surface area (Å²) in [6.45, 7) is 4.35. The first-order chi connectivity index (χ1) is 7.66. The fraction of sp³-hybridized carbons (Fsp3) is 0.333. The van der Waals surface area contributed by atoms with Crippen molar-refractivity contribution in [2.24, 2.45) is 5.92 Å². The van der Waals surface area contributed by atoms with Gasteiger partial charge in [0.2, 0.25) is 0 Å². The molecule has 0 saturated carbocycles. The number of aromatic nitrogens is 3. The van der Waals surface area contributed by atoms with Crippen molar-refractivity contribution in [1.82, 2.24) is 14.8 Å². The molecule has 0 aliphatic heterocycles. The zero-order valence-electron chi connectivity index (χ0n) is 9.39. The zero-order valence-corrected chi connectivity index (χ0v) is 10.1. The van der Waals surface area contributed by atoms with Gasteiger partial charge in [-0.3, -0.25) is 0 Å². The maximum atomic E-state index is 6.00.